The summed E-state index contributed by atoms with van der Waals surface area (Å²) in [6.07, 6.45) is 4.27. The van der Waals surface area contributed by atoms with E-state index in [9.17, 15) is 14.0 Å². The van der Waals surface area contributed by atoms with E-state index >= 15 is 0 Å². The largest absolute Gasteiger partial charge is 0.347 e. The van der Waals surface area contributed by atoms with E-state index in [0.717, 1.165) is 39.9 Å². The Hall–Kier alpha value is -3.06. The fraction of sp³-hybridized carbons (Fsp3) is 0.190. The molecule has 0 unspecified atom stereocenters. The van der Waals surface area contributed by atoms with Crippen LogP contribution in [-0.4, -0.2) is 21.6 Å². The maximum absolute atomic E-state index is 14.9. The minimum atomic E-state index is -0.424. The Kier molecular flexibility index (Phi) is 3.64. The van der Waals surface area contributed by atoms with Crippen molar-refractivity contribution >= 4 is 38.7 Å². The Balaban J connectivity index is 1.55. The predicted octanol–water partition coefficient (Wildman–Crippen LogP) is 4.29. The Bertz CT molecular complexity index is 1270. The fourth-order valence-corrected chi connectivity index (χ4v) is 4.75. The highest BCUT2D eigenvalue weighted by molar-refractivity contribution is 7.23. The highest BCUT2D eigenvalue weighted by atomic mass is 32.1. The van der Waals surface area contributed by atoms with Crippen LogP contribution in [0.2, 0.25) is 0 Å². The van der Waals surface area contributed by atoms with Gasteiger partial charge in [-0.15, -0.1) is 0 Å². The molecule has 2 aromatic carbocycles. The van der Waals surface area contributed by atoms with E-state index in [-0.39, 0.29) is 11.7 Å². The summed E-state index contributed by atoms with van der Waals surface area (Å²) in [6, 6.07) is 10.5. The lowest BCUT2D eigenvalue weighted by atomic mass is 10.0. The number of amides is 1. The second-order valence-electron chi connectivity index (χ2n) is 7.18. The summed E-state index contributed by atoms with van der Waals surface area (Å²) < 4.78 is 17.8. The van der Waals surface area contributed by atoms with Gasteiger partial charge in [-0.2, -0.15) is 0 Å². The van der Waals surface area contributed by atoms with Crippen LogP contribution in [0, 0.1) is 5.82 Å². The van der Waals surface area contributed by atoms with Crippen LogP contribution < -0.4 is 5.32 Å². The van der Waals surface area contributed by atoms with Crippen molar-refractivity contribution in [3.8, 4) is 11.3 Å². The molecule has 5 nitrogen and oxygen atoms in total. The second-order valence-corrected chi connectivity index (χ2v) is 8.19. The molecule has 0 atom stereocenters. The number of fused-ring (bicyclic) bond motifs is 3. The third-order valence-corrected chi connectivity index (χ3v) is 6.23. The molecule has 2 heterocycles. The predicted molar refractivity (Wildman–Crippen MR) is 106 cm³/mol. The van der Waals surface area contributed by atoms with Crippen molar-refractivity contribution in [2.45, 2.75) is 25.3 Å². The molecular weight excluding hydrogens is 377 g/mol. The first-order chi connectivity index (χ1) is 13.5. The summed E-state index contributed by atoms with van der Waals surface area (Å²) in [5.74, 6) is -0.464. The van der Waals surface area contributed by atoms with Gasteiger partial charge in [0.15, 0.2) is 4.96 Å². The number of thiazole rings is 1. The van der Waals surface area contributed by atoms with Crippen molar-refractivity contribution in [3.63, 3.8) is 0 Å². The SMILES string of the molecule is CC(=O)NC1(c2ccc(-c3cn4c(n3)sc3cc(C=O)ccc34)c(F)c2)CC1. The van der Waals surface area contributed by atoms with E-state index in [2.05, 4.69) is 10.3 Å². The first-order valence-corrected chi connectivity index (χ1v) is 9.77. The summed E-state index contributed by atoms with van der Waals surface area (Å²) in [6.45, 7) is 1.48. The van der Waals surface area contributed by atoms with Crippen molar-refractivity contribution < 1.29 is 14.0 Å². The summed E-state index contributed by atoms with van der Waals surface area (Å²) in [5.41, 5.74) is 2.90. The first kappa shape index (κ1) is 17.1. The average molecular weight is 393 g/mol. The summed E-state index contributed by atoms with van der Waals surface area (Å²) in [4.78, 5) is 27.7. The van der Waals surface area contributed by atoms with Crippen LogP contribution in [0.5, 0.6) is 0 Å². The highest BCUT2D eigenvalue weighted by Gasteiger charge is 2.45. The number of aromatic nitrogens is 2. The minimum absolute atomic E-state index is 0.110. The van der Waals surface area contributed by atoms with Crippen molar-refractivity contribution in [2.75, 3.05) is 0 Å². The van der Waals surface area contributed by atoms with E-state index in [4.69, 9.17) is 0 Å². The van der Waals surface area contributed by atoms with Crippen LogP contribution in [0.15, 0.2) is 42.6 Å². The van der Waals surface area contributed by atoms with Crippen molar-refractivity contribution in [3.05, 3.63) is 59.5 Å². The van der Waals surface area contributed by atoms with E-state index in [1.807, 2.05) is 28.8 Å². The molecular formula is C21H16FN3O2S. The fourth-order valence-electron chi connectivity index (χ4n) is 3.69. The zero-order valence-electron chi connectivity index (χ0n) is 15.0. The molecule has 0 radical (unpaired) electrons. The molecule has 0 saturated heterocycles. The average Bonchev–Trinajstić information content (AvgIpc) is 3.19. The molecule has 4 aromatic rings. The quantitative estimate of drug-likeness (QED) is 0.526. The van der Waals surface area contributed by atoms with Crippen molar-refractivity contribution in [1.29, 1.82) is 0 Å². The number of carbonyl (C=O) groups excluding carboxylic acids is 2. The van der Waals surface area contributed by atoms with E-state index in [1.165, 1.54) is 24.3 Å². The maximum Gasteiger partial charge on any atom is 0.217 e. The smallest absolute Gasteiger partial charge is 0.217 e. The molecule has 0 bridgehead atoms. The number of nitrogens with zero attached hydrogens (tertiary/aromatic N) is 2. The first-order valence-electron chi connectivity index (χ1n) is 8.95. The molecule has 1 saturated carbocycles. The van der Waals surface area contributed by atoms with Gasteiger partial charge in [-0.05, 0) is 48.7 Å². The lowest BCUT2D eigenvalue weighted by Gasteiger charge is -2.17. The summed E-state index contributed by atoms with van der Waals surface area (Å²) in [5, 5.41) is 2.93. The lowest BCUT2D eigenvalue weighted by molar-refractivity contribution is -0.120. The van der Waals surface area contributed by atoms with Gasteiger partial charge in [-0.1, -0.05) is 17.4 Å². The standard InChI is InChI=1S/C21H16FN3O2S/c1-12(27)24-21(6-7-21)14-3-4-15(16(22)9-14)17-10-25-18-5-2-13(11-26)8-19(18)28-20(25)23-17/h2-5,8-11H,6-7H2,1H3,(H,24,27). The van der Waals surface area contributed by atoms with E-state index in [0.29, 0.717) is 16.8 Å². The lowest BCUT2D eigenvalue weighted by Crippen LogP contribution is -2.32. The number of rotatable bonds is 4. The third-order valence-electron chi connectivity index (χ3n) is 5.22. The number of halogens is 1. The number of nitrogens with one attached hydrogen (secondary N) is 1. The van der Waals surface area contributed by atoms with Gasteiger partial charge in [0.2, 0.25) is 5.91 Å². The molecule has 2 aromatic heterocycles. The number of aldehydes is 1. The highest BCUT2D eigenvalue weighted by Crippen LogP contribution is 2.46. The van der Waals surface area contributed by atoms with Crippen LogP contribution >= 0.6 is 11.3 Å². The second kappa shape index (κ2) is 5.97. The van der Waals surface area contributed by atoms with Gasteiger partial charge in [0, 0.05) is 24.2 Å². The minimum Gasteiger partial charge on any atom is -0.347 e. The van der Waals surface area contributed by atoms with Crippen LogP contribution in [0.3, 0.4) is 0 Å². The number of hydrogen-bond donors (Lipinski definition) is 1. The number of carbonyl (C=O) groups is 2. The molecule has 140 valence electrons. The topological polar surface area (TPSA) is 63.5 Å². The van der Waals surface area contributed by atoms with Gasteiger partial charge in [0.25, 0.3) is 0 Å². The molecule has 0 aliphatic heterocycles. The van der Waals surface area contributed by atoms with Gasteiger partial charge in [-0.3, -0.25) is 14.0 Å². The zero-order chi connectivity index (χ0) is 19.5. The van der Waals surface area contributed by atoms with Crippen molar-refractivity contribution in [1.82, 2.24) is 14.7 Å². The van der Waals surface area contributed by atoms with Gasteiger partial charge >= 0.3 is 0 Å². The Morgan fingerprint density at radius 3 is 2.79 bits per heavy atom. The van der Waals surface area contributed by atoms with Crippen LogP contribution in [0.1, 0.15) is 35.7 Å². The Labute approximate surface area is 163 Å². The summed E-state index contributed by atoms with van der Waals surface area (Å²) in [7, 11) is 0. The normalized spacial score (nSPS) is 15.1. The molecule has 1 aliphatic carbocycles. The molecule has 7 heteroatoms. The molecule has 28 heavy (non-hydrogen) atoms. The number of hydrogen-bond acceptors (Lipinski definition) is 4. The van der Waals surface area contributed by atoms with Crippen molar-refractivity contribution in [2.24, 2.45) is 0 Å². The number of imidazole rings is 1. The van der Waals surface area contributed by atoms with Gasteiger partial charge in [0.05, 0.1) is 21.4 Å². The molecule has 5 rings (SSSR count). The Morgan fingerprint density at radius 2 is 2.11 bits per heavy atom. The molecule has 0 spiro atoms. The Morgan fingerprint density at radius 1 is 1.29 bits per heavy atom. The molecule has 1 fully saturated rings. The van der Waals surface area contributed by atoms with Gasteiger partial charge < -0.3 is 5.32 Å². The molecule has 1 aliphatic rings. The van der Waals surface area contributed by atoms with Crippen LogP contribution in [0.25, 0.3) is 26.4 Å². The number of benzene rings is 2. The van der Waals surface area contributed by atoms with Crippen LogP contribution in [0.4, 0.5) is 4.39 Å². The van der Waals surface area contributed by atoms with Gasteiger partial charge in [-0.25, -0.2) is 9.37 Å². The van der Waals surface area contributed by atoms with Crippen LogP contribution in [-0.2, 0) is 10.3 Å². The third kappa shape index (κ3) is 2.62. The molecule has 1 N–H and O–H groups in total. The van der Waals surface area contributed by atoms with E-state index in [1.54, 1.807) is 12.1 Å². The van der Waals surface area contributed by atoms with Gasteiger partial charge in [0.1, 0.15) is 12.1 Å². The zero-order valence-corrected chi connectivity index (χ0v) is 15.8. The summed E-state index contributed by atoms with van der Waals surface area (Å²) >= 11 is 1.46. The monoisotopic (exact) mass is 393 g/mol. The van der Waals surface area contributed by atoms with E-state index < -0.39 is 5.54 Å². The molecule has 1 amide bonds. The maximum atomic E-state index is 14.9.